The van der Waals surface area contributed by atoms with Crippen molar-refractivity contribution >= 4 is 34.6 Å². The molecule has 0 aromatic heterocycles. The van der Waals surface area contributed by atoms with E-state index in [1.807, 2.05) is 37.3 Å². The molecule has 0 spiro atoms. The lowest BCUT2D eigenvalue weighted by Gasteiger charge is -2.14. The minimum Gasteiger partial charge on any atom is -0.494 e. The fourth-order valence-electron chi connectivity index (χ4n) is 2.76. The van der Waals surface area contributed by atoms with E-state index in [0.717, 1.165) is 11.4 Å². The molecule has 2 aromatic carbocycles. The van der Waals surface area contributed by atoms with Crippen LogP contribution in [0.25, 0.3) is 6.08 Å². The third-order valence-corrected chi connectivity index (χ3v) is 4.96. The maximum atomic E-state index is 12.4. The summed E-state index contributed by atoms with van der Waals surface area (Å²) in [4.78, 5) is 17.4. The molecule has 1 aliphatic heterocycles. The Balaban J connectivity index is 1.86. The van der Waals surface area contributed by atoms with E-state index in [4.69, 9.17) is 18.9 Å². The second kappa shape index (κ2) is 9.38. The number of thioether (sulfide) groups is 1. The molecule has 0 bridgehead atoms. The lowest BCUT2D eigenvalue weighted by molar-refractivity contribution is -0.115. The highest BCUT2D eigenvalue weighted by molar-refractivity contribution is 8.18. The molecule has 7 nitrogen and oxygen atoms in total. The van der Waals surface area contributed by atoms with Crippen LogP contribution < -0.4 is 24.3 Å². The number of carbonyl (C=O) groups is 1. The Labute approximate surface area is 173 Å². The maximum Gasteiger partial charge on any atom is 0.264 e. The fraction of sp³-hybridized carbons (Fsp3) is 0.238. The number of nitrogens with zero attached hydrogens (tertiary/aromatic N) is 1. The number of benzene rings is 2. The second-order valence-corrected chi connectivity index (χ2v) is 6.86. The van der Waals surface area contributed by atoms with Crippen LogP contribution in [-0.4, -0.2) is 39.0 Å². The molecule has 1 heterocycles. The summed E-state index contributed by atoms with van der Waals surface area (Å²) in [7, 11) is 4.63. The lowest BCUT2D eigenvalue weighted by atomic mass is 10.1. The standard InChI is InChI=1S/C21H22N2O5S/c1-5-28-15-9-7-14(8-10-15)22-21-23-20(24)17(29-21)12-13-6-11-16(25-2)19(27-4)18(13)26-3/h6-12H,5H2,1-4H3,(H,22,23,24)/b17-12+. The highest BCUT2D eigenvalue weighted by Gasteiger charge is 2.25. The predicted octanol–water partition coefficient (Wildman–Crippen LogP) is 4.00. The number of nitrogens with one attached hydrogen (secondary N) is 1. The molecule has 1 amide bonds. The van der Waals surface area contributed by atoms with E-state index in [1.165, 1.54) is 18.9 Å². The van der Waals surface area contributed by atoms with Crippen molar-refractivity contribution in [2.75, 3.05) is 27.9 Å². The van der Waals surface area contributed by atoms with Crippen LogP contribution in [0.4, 0.5) is 5.69 Å². The SMILES string of the molecule is CCOc1ccc(N=C2NC(=O)/C(=C\c3ccc(OC)c(OC)c3OC)S2)cc1. The van der Waals surface area contributed by atoms with Crippen molar-refractivity contribution in [2.24, 2.45) is 4.99 Å². The number of rotatable bonds is 7. The number of carbonyl (C=O) groups excluding carboxylic acids is 1. The number of hydrogen-bond donors (Lipinski definition) is 1. The molecule has 29 heavy (non-hydrogen) atoms. The topological polar surface area (TPSA) is 78.4 Å². The summed E-state index contributed by atoms with van der Waals surface area (Å²) >= 11 is 1.26. The minimum atomic E-state index is -0.225. The Kier molecular flexibility index (Phi) is 6.66. The Morgan fingerprint density at radius 1 is 1.00 bits per heavy atom. The van der Waals surface area contributed by atoms with E-state index in [2.05, 4.69) is 10.3 Å². The molecule has 2 aromatic rings. The number of amides is 1. The van der Waals surface area contributed by atoms with Gasteiger partial charge in [0.15, 0.2) is 16.7 Å². The highest BCUT2D eigenvalue weighted by atomic mass is 32.2. The summed E-state index contributed by atoms with van der Waals surface area (Å²) in [5.41, 5.74) is 1.42. The van der Waals surface area contributed by atoms with E-state index in [-0.39, 0.29) is 5.91 Å². The molecule has 0 atom stereocenters. The van der Waals surface area contributed by atoms with Crippen molar-refractivity contribution in [3.63, 3.8) is 0 Å². The van der Waals surface area contributed by atoms with Gasteiger partial charge in [0, 0.05) is 5.56 Å². The lowest BCUT2D eigenvalue weighted by Crippen LogP contribution is -2.19. The maximum absolute atomic E-state index is 12.4. The summed E-state index contributed by atoms with van der Waals surface area (Å²) < 4.78 is 21.6. The van der Waals surface area contributed by atoms with Crippen LogP contribution in [0.15, 0.2) is 46.3 Å². The van der Waals surface area contributed by atoms with Crippen LogP contribution in [0.1, 0.15) is 12.5 Å². The molecular weight excluding hydrogens is 392 g/mol. The first-order valence-corrected chi connectivity index (χ1v) is 9.72. The zero-order valence-corrected chi connectivity index (χ0v) is 17.5. The van der Waals surface area contributed by atoms with Crippen molar-refractivity contribution in [1.29, 1.82) is 0 Å². The van der Waals surface area contributed by atoms with Crippen molar-refractivity contribution in [2.45, 2.75) is 6.92 Å². The summed E-state index contributed by atoms with van der Waals surface area (Å²) in [6, 6.07) is 10.9. The van der Waals surface area contributed by atoms with Gasteiger partial charge in [-0.05, 0) is 61.2 Å². The molecule has 3 rings (SSSR count). The Morgan fingerprint density at radius 3 is 2.34 bits per heavy atom. The highest BCUT2D eigenvalue weighted by Crippen LogP contribution is 2.41. The molecule has 152 valence electrons. The molecule has 0 radical (unpaired) electrons. The van der Waals surface area contributed by atoms with Gasteiger partial charge in [-0.3, -0.25) is 4.79 Å². The van der Waals surface area contributed by atoms with Gasteiger partial charge >= 0.3 is 0 Å². The van der Waals surface area contributed by atoms with Gasteiger partial charge in [-0.15, -0.1) is 0 Å². The normalized spacial score (nSPS) is 16.1. The Hall–Kier alpha value is -3.13. The largest absolute Gasteiger partial charge is 0.494 e. The Bertz CT molecular complexity index is 954. The molecule has 0 saturated carbocycles. The first-order chi connectivity index (χ1) is 14.1. The average molecular weight is 414 g/mol. The van der Waals surface area contributed by atoms with Gasteiger partial charge in [0.25, 0.3) is 5.91 Å². The van der Waals surface area contributed by atoms with E-state index < -0.39 is 0 Å². The van der Waals surface area contributed by atoms with Crippen LogP contribution in [0.2, 0.25) is 0 Å². The fourth-order valence-corrected chi connectivity index (χ4v) is 3.59. The van der Waals surface area contributed by atoms with Crippen molar-refractivity contribution < 1.29 is 23.7 Å². The van der Waals surface area contributed by atoms with Gasteiger partial charge in [0.1, 0.15) is 5.75 Å². The van der Waals surface area contributed by atoms with Gasteiger partial charge in [0.05, 0.1) is 38.5 Å². The van der Waals surface area contributed by atoms with Crippen LogP contribution in [-0.2, 0) is 4.79 Å². The van der Waals surface area contributed by atoms with Crippen molar-refractivity contribution in [3.05, 3.63) is 46.9 Å². The summed E-state index contributed by atoms with van der Waals surface area (Å²) in [6.45, 7) is 2.54. The second-order valence-electron chi connectivity index (χ2n) is 5.83. The number of amidine groups is 1. The van der Waals surface area contributed by atoms with Gasteiger partial charge in [-0.1, -0.05) is 0 Å². The van der Waals surface area contributed by atoms with E-state index in [1.54, 1.807) is 26.4 Å². The predicted molar refractivity (Wildman–Crippen MR) is 115 cm³/mol. The number of ether oxygens (including phenoxy) is 4. The molecule has 1 fully saturated rings. The third-order valence-electron chi connectivity index (χ3n) is 4.05. The summed E-state index contributed by atoms with van der Waals surface area (Å²) in [5, 5.41) is 3.28. The molecule has 8 heteroatoms. The van der Waals surface area contributed by atoms with E-state index >= 15 is 0 Å². The van der Waals surface area contributed by atoms with Gasteiger partial charge in [-0.2, -0.15) is 0 Å². The zero-order chi connectivity index (χ0) is 20.8. The number of methoxy groups -OCH3 is 3. The smallest absolute Gasteiger partial charge is 0.264 e. The van der Waals surface area contributed by atoms with Crippen molar-refractivity contribution in [3.8, 4) is 23.0 Å². The van der Waals surface area contributed by atoms with Crippen LogP contribution >= 0.6 is 11.8 Å². The van der Waals surface area contributed by atoms with Gasteiger partial charge < -0.3 is 24.3 Å². The van der Waals surface area contributed by atoms with Crippen LogP contribution in [0.3, 0.4) is 0 Å². The van der Waals surface area contributed by atoms with Gasteiger partial charge in [-0.25, -0.2) is 4.99 Å². The van der Waals surface area contributed by atoms with Crippen molar-refractivity contribution in [1.82, 2.24) is 5.32 Å². The molecule has 1 aliphatic rings. The summed E-state index contributed by atoms with van der Waals surface area (Å²) in [5.74, 6) is 2.06. The molecular formula is C21H22N2O5S. The number of hydrogen-bond acceptors (Lipinski definition) is 7. The van der Waals surface area contributed by atoms with E-state index in [9.17, 15) is 4.79 Å². The Morgan fingerprint density at radius 2 is 1.72 bits per heavy atom. The molecule has 0 aliphatic carbocycles. The molecule has 0 unspecified atom stereocenters. The minimum absolute atomic E-state index is 0.225. The summed E-state index contributed by atoms with van der Waals surface area (Å²) in [6.07, 6.45) is 1.74. The van der Waals surface area contributed by atoms with E-state index in [0.29, 0.717) is 39.5 Å². The van der Waals surface area contributed by atoms with Crippen LogP contribution in [0.5, 0.6) is 23.0 Å². The number of aliphatic imine (C=N–C) groups is 1. The first kappa shape index (κ1) is 20.6. The third kappa shape index (κ3) is 4.65. The quantitative estimate of drug-likeness (QED) is 0.690. The molecule has 1 N–H and O–H groups in total. The van der Waals surface area contributed by atoms with Crippen LogP contribution in [0, 0.1) is 0 Å². The zero-order valence-electron chi connectivity index (χ0n) is 16.6. The van der Waals surface area contributed by atoms with Gasteiger partial charge in [0.2, 0.25) is 5.75 Å². The average Bonchev–Trinajstić information content (AvgIpc) is 3.07. The monoisotopic (exact) mass is 414 g/mol. The molecule has 1 saturated heterocycles. The first-order valence-electron chi connectivity index (χ1n) is 8.91.